The summed E-state index contributed by atoms with van der Waals surface area (Å²) in [5.41, 5.74) is 9.43. The van der Waals surface area contributed by atoms with Gasteiger partial charge in [0.25, 0.3) is 0 Å². The van der Waals surface area contributed by atoms with E-state index in [9.17, 15) is 14.7 Å². The number of benzene rings is 2. The number of hydrogen-bond acceptors (Lipinski definition) is 4. The Labute approximate surface area is 232 Å². The van der Waals surface area contributed by atoms with Crippen LogP contribution in [-0.2, 0) is 16.1 Å². The van der Waals surface area contributed by atoms with Gasteiger partial charge in [-0.05, 0) is 72.9 Å². The topological polar surface area (TPSA) is 111 Å². The summed E-state index contributed by atoms with van der Waals surface area (Å²) in [5, 5.41) is 18.5. The van der Waals surface area contributed by atoms with E-state index in [1.165, 1.54) is 12.8 Å². The smallest absolute Gasteiger partial charge is 0.329 e. The van der Waals surface area contributed by atoms with Crippen LogP contribution in [-0.4, -0.2) is 46.3 Å². The van der Waals surface area contributed by atoms with E-state index in [2.05, 4.69) is 24.0 Å². The highest BCUT2D eigenvalue weighted by Gasteiger charge is 2.46. The molecule has 0 aromatic heterocycles. The van der Waals surface area contributed by atoms with Gasteiger partial charge in [-0.1, -0.05) is 63.8 Å². The molecule has 1 amide bonds. The molecular weight excluding hydrogens is 488 g/mol. The minimum absolute atomic E-state index is 0.0287. The number of nitrogens with two attached hydrogens (primary N) is 1. The van der Waals surface area contributed by atoms with Gasteiger partial charge < -0.3 is 20.6 Å². The molecule has 2 fully saturated rings. The first-order valence-corrected chi connectivity index (χ1v) is 14.6. The SMILES string of the molecule is CCCCC(=O)N(Cc1ccc(-c2cc(N3CCCC(C)C3)ccc2C(=N)N)cc1)C1(C(=O)O)CCCCC1. The molecule has 1 atom stereocenters. The Morgan fingerprint density at radius 1 is 1.10 bits per heavy atom. The first-order valence-electron chi connectivity index (χ1n) is 14.6. The highest BCUT2D eigenvalue weighted by atomic mass is 16.4. The monoisotopic (exact) mass is 532 g/mol. The van der Waals surface area contributed by atoms with Crippen LogP contribution in [0.1, 0.15) is 89.2 Å². The van der Waals surface area contributed by atoms with Crippen molar-refractivity contribution < 1.29 is 14.7 Å². The quantitative estimate of drug-likeness (QED) is 0.250. The Bertz CT molecular complexity index is 1170. The minimum Gasteiger partial charge on any atom is -0.479 e. The van der Waals surface area contributed by atoms with E-state index in [-0.39, 0.29) is 18.3 Å². The molecule has 1 saturated heterocycles. The van der Waals surface area contributed by atoms with Gasteiger partial charge in [0.05, 0.1) is 0 Å². The zero-order valence-corrected chi connectivity index (χ0v) is 23.5. The van der Waals surface area contributed by atoms with Crippen LogP contribution in [0.15, 0.2) is 42.5 Å². The first-order chi connectivity index (χ1) is 18.7. The van der Waals surface area contributed by atoms with E-state index in [0.29, 0.717) is 30.7 Å². The number of piperidine rings is 1. The Hall–Kier alpha value is -3.35. The molecule has 7 nitrogen and oxygen atoms in total. The van der Waals surface area contributed by atoms with Crippen LogP contribution in [0.4, 0.5) is 5.69 Å². The standard InChI is InChI=1S/C32H44N4O3/c1-3-4-10-29(37)36(32(31(38)39)17-6-5-7-18-32)22-24-11-13-25(14-12-24)28-20-26(15-16-27(28)30(33)34)35-19-8-9-23(2)21-35/h11-16,20,23H,3-10,17-19,21-22H2,1-2H3,(H3,33,34)(H,38,39). The van der Waals surface area contributed by atoms with Crippen LogP contribution in [0.2, 0.25) is 0 Å². The largest absolute Gasteiger partial charge is 0.479 e. The molecule has 1 heterocycles. The number of nitrogen functional groups attached to an aromatic ring is 1. The number of amides is 1. The highest BCUT2D eigenvalue weighted by molar-refractivity contribution is 6.02. The van der Waals surface area contributed by atoms with Gasteiger partial charge in [-0.2, -0.15) is 0 Å². The lowest BCUT2D eigenvalue weighted by atomic mass is 9.79. The summed E-state index contributed by atoms with van der Waals surface area (Å²) in [6.07, 6.45) is 8.09. The molecule has 1 aliphatic heterocycles. The van der Waals surface area contributed by atoms with Crippen LogP contribution in [0.25, 0.3) is 11.1 Å². The molecule has 2 aromatic carbocycles. The minimum atomic E-state index is -1.14. The number of carbonyl (C=O) groups is 2. The highest BCUT2D eigenvalue weighted by Crippen LogP contribution is 2.37. The molecule has 7 heteroatoms. The third-order valence-electron chi connectivity index (χ3n) is 8.56. The van der Waals surface area contributed by atoms with E-state index in [1.807, 2.05) is 37.3 Å². The van der Waals surface area contributed by atoms with Gasteiger partial charge >= 0.3 is 5.97 Å². The number of anilines is 1. The van der Waals surface area contributed by atoms with Gasteiger partial charge in [-0.15, -0.1) is 0 Å². The Morgan fingerprint density at radius 2 is 1.82 bits per heavy atom. The fraction of sp³-hybridized carbons (Fsp3) is 0.531. The van der Waals surface area contributed by atoms with Crippen molar-refractivity contribution >= 4 is 23.4 Å². The van der Waals surface area contributed by atoms with E-state index in [1.54, 1.807) is 4.90 Å². The third kappa shape index (κ3) is 6.45. The van der Waals surface area contributed by atoms with Crippen molar-refractivity contribution in [2.45, 2.75) is 90.1 Å². The van der Waals surface area contributed by atoms with Gasteiger partial charge in [-0.3, -0.25) is 10.2 Å². The molecule has 2 aliphatic rings. The van der Waals surface area contributed by atoms with E-state index in [0.717, 1.165) is 67.6 Å². The summed E-state index contributed by atoms with van der Waals surface area (Å²) < 4.78 is 0. The summed E-state index contributed by atoms with van der Waals surface area (Å²) in [7, 11) is 0. The van der Waals surface area contributed by atoms with Crippen LogP contribution < -0.4 is 10.6 Å². The number of carboxylic acid groups (broad SMARTS) is 1. The fourth-order valence-electron chi connectivity index (χ4n) is 6.28. The Kier molecular flexibility index (Phi) is 9.31. The maximum atomic E-state index is 13.4. The van der Waals surface area contributed by atoms with Crippen LogP contribution in [0.3, 0.4) is 0 Å². The lowest BCUT2D eigenvalue weighted by Gasteiger charge is -2.43. The first kappa shape index (κ1) is 28.7. The predicted molar refractivity (Wildman–Crippen MR) is 157 cm³/mol. The fourth-order valence-corrected chi connectivity index (χ4v) is 6.28. The molecule has 2 aromatic rings. The number of unbranched alkanes of at least 4 members (excludes halogenated alkanes) is 1. The normalized spacial score (nSPS) is 18.9. The van der Waals surface area contributed by atoms with Crippen LogP contribution in [0.5, 0.6) is 0 Å². The summed E-state index contributed by atoms with van der Waals surface area (Å²) >= 11 is 0. The van der Waals surface area contributed by atoms with E-state index >= 15 is 0 Å². The number of rotatable bonds is 10. The van der Waals surface area contributed by atoms with Crippen molar-refractivity contribution in [1.82, 2.24) is 4.90 Å². The molecule has 1 unspecified atom stereocenters. The summed E-state index contributed by atoms with van der Waals surface area (Å²) in [5.74, 6) is -0.289. The van der Waals surface area contributed by atoms with E-state index < -0.39 is 11.5 Å². The van der Waals surface area contributed by atoms with Crippen LogP contribution in [0, 0.1) is 11.3 Å². The number of nitrogens with one attached hydrogen (secondary N) is 1. The Balaban J connectivity index is 1.63. The molecule has 1 aliphatic carbocycles. The maximum Gasteiger partial charge on any atom is 0.329 e. The van der Waals surface area contributed by atoms with Gasteiger partial charge in [0.1, 0.15) is 11.4 Å². The number of nitrogens with zero attached hydrogens (tertiary/aromatic N) is 2. The summed E-state index contributed by atoms with van der Waals surface area (Å²) in [6, 6.07) is 14.1. The molecule has 4 rings (SSSR count). The molecule has 0 radical (unpaired) electrons. The van der Waals surface area contributed by atoms with Crippen molar-refractivity contribution in [3.8, 4) is 11.1 Å². The van der Waals surface area contributed by atoms with Crippen molar-refractivity contribution in [3.05, 3.63) is 53.6 Å². The number of aliphatic carboxylic acids is 1. The second-order valence-electron chi connectivity index (χ2n) is 11.5. The van der Waals surface area contributed by atoms with Crippen LogP contribution >= 0.6 is 0 Å². The van der Waals surface area contributed by atoms with Gasteiger partial charge in [0, 0.05) is 37.3 Å². The third-order valence-corrected chi connectivity index (χ3v) is 8.56. The van der Waals surface area contributed by atoms with Gasteiger partial charge in [0.2, 0.25) is 5.91 Å². The number of amidine groups is 1. The molecule has 0 spiro atoms. The second kappa shape index (κ2) is 12.7. The van der Waals surface area contributed by atoms with E-state index in [4.69, 9.17) is 11.1 Å². The summed E-state index contributed by atoms with van der Waals surface area (Å²) in [4.78, 5) is 30.0. The maximum absolute atomic E-state index is 13.4. The molecule has 210 valence electrons. The predicted octanol–water partition coefficient (Wildman–Crippen LogP) is 6.18. The number of carbonyl (C=O) groups excluding carboxylic acids is 1. The van der Waals surface area contributed by atoms with Gasteiger partial charge in [-0.25, -0.2) is 4.79 Å². The summed E-state index contributed by atoms with van der Waals surface area (Å²) in [6.45, 7) is 6.65. The van der Waals surface area contributed by atoms with Crippen molar-refractivity contribution in [2.75, 3.05) is 18.0 Å². The molecule has 1 saturated carbocycles. The molecule has 0 bridgehead atoms. The van der Waals surface area contributed by atoms with Crippen molar-refractivity contribution in [1.29, 1.82) is 5.41 Å². The number of hydrogen-bond donors (Lipinski definition) is 3. The number of carboxylic acids is 1. The lowest BCUT2D eigenvalue weighted by molar-refractivity contribution is -0.163. The van der Waals surface area contributed by atoms with Crippen molar-refractivity contribution in [3.63, 3.8) is 0 Å². The average molecular weight is 533 g/mol. The van der Waals surface area contributed by atoms with Crippen molar-refractivity contribution in [2.24, 2.45) is 11.7 Å². The zero-order chi connectivity index (χ0) is 28.0. The zero-order valence-electron chi connectivity index (χ0n) is 23.5. The lowest BCUT2D eigenvalue weighted by Crippen LogP contribution is -2.57. The average Bonchev–Trinajstić information content (AvgIpc) is 2.95. The Morgan fingerprint density at radius 3 is 2.44 bits per heavy atom. The molecular formula is C32H44N4O3. The molecule has 4 N–H and O–H groups in total. The van der Waals surface area contributed by atoms with Gasteiger partial charge in [0.15, 0.2) is 0 Å². The second-order valence-corrected chi connectivity index (χ2v) is 11.5. The molecule has 39 heavy (non-hydrogen) atoms.